The van der Waals surface area contributed by atoms with Crippen molar-refractivity contribution in [1.82, 2.24) is 10.1 Å². The van der Waals surface area contributed by atoms with E-state index in [1.807, 2.05) is 30.3 Å². The zero-order chi connectivity index (χ0) is 20.5. The van der Waals surface area contributed by atoms with Crippen molar-refractivity contribution in [2.24, 2.45) is 0 Å². The average molecular weight is 399 g/mol. The third-order valence-electron chi connectivity index (χ3n) is 4.69. The van der Waals surface area contributed by atoms with Gasteiger partial charge in [-0.3, -0.25) is 9.59 Å². The number of morpholine rings is 1. The van der Waals surface area contributed by atoms with Crippen molar-refractivity contribution in [3.8, 4) is 0 Å². The standard InChI is InChI=1S/C21H26N4O4/c1-17-15-19(23-29-17)22-20(26)16-25(10-9-24-11-13-28-14-12-24)21(27)8-7-18-5-3-2-4-6-18/h2-8,15H,9-14,16H2,1H3,(H,22,23,26)/p+1/b8-7+. The third-order valence-corrected chi connectivity index (χ3v) is 4.69. The highest BCUT2D eigenvalue weighted by molar-refractivity contribution is 5.97. The lowest BCUT2D eigenvalue weighted by atomic mass is 10.2. The first kappa shape index (κ1) is 20.8. The molecule has 1 aliphatic heterocycles. The lowest BCUT2D eigenvalue weighted by molar-refractivity contribution is -0.907. The summed E-state index contributed by atoms with van der Waals surface area (Å²) in [5.74, 6) is 0.443. The molecule has 1 fully saturated rings. The van der Waals surface area contributed by atoms with E-state index in [4.69, 9.17) is 9.26 Å². The van der Waals surface area contributed by atoms with Crippen LogP contribution in [0.25, 0.3) is 6.08 Å². The van der Waals surface area contributed by atoms with Crippen molar-refractivity contribution in [3.05, 3.63) is 53.8 Å². The van der Waals surface area contributed by atoms with Gasteiger partial charge in [-0.1, -0.05) is 35.5 Å². The molecule has 2 heterocycles. The van der Waals surface area contributed by atoms with Crippen LogP contribution in [0.1, 0.15) is 11.3 Å². The van der Waals surface area contributed by atoms with E-state index in [2.05, 4.69) is 10.5 Å². The molecule has 154 valence electrons. The van der Waals surface area contributed by atoms with E-state index in [0.29, 0.717) is 18.1 Å². The van der Waals surface area contributed by atoms with E-state index in [9.17, 15) is 9.59 Å². The normalized spacial score (nSPS) is 14.8. The Hall–Kier alpha value is -2.97. The fourth-order valence-electron chi connectivity index (χ4n) is 3.09. The Kier molecular flexibility index (Phi) is 7.54. The van der Waals surface area contributed by atoms with E-state index >= 15 is 0 Å². The number of anilines is 1. The number of hydrogen-bond donors (Lipinski definition) is 2. The van der Waals surface area contributed by atoms with Crippen LogP contribution >= 0.6 is 0 Å². The SMILES string of the molecule is Cc1cc(NC(=O)CN(CC[NH+]2CCOCC2)C(=O)/C=C/c2ccccc2)no1. The molecule has 1 aromatic heterocycles. The summed E-state index contributed by atoms with van der Waals surface area (Å²) in [6, 6.07) is 11.2. The Bertz CT molecular complexity index is 828. The van der Waals surface area contributed by atoms with Crippen LogP contribution in [-0.4, -0.2) is 67.8 Å². The van der Waals surface area contributed by atoms with Gasteiger partial charge in [0.15, 0.2) is 5.82 Å². The molecule has 2 amide bonds. The number of rotatable bonds is 8. The molecule has 1 saturated heterocycles. The third kappa shape index (κ3) is 6.85. The smallest absolute Gasteiger partial charge is 0.247 e. The number of amides is 2. The second-order valence-corrected chi connectivity index (χ2v) is 6.99. The molecule has 3 rings (SSSR count). The lowest BCUT2D eigenvalue weighted by Crippen LogP contribution is -3.14. The van der Waals surface area contributed by atoms with Gasteiger partial charge in [0.05, 0.1) is 26.3 Å². The largest absolute Gasteiger partial charge is 0.370 e. The average Bonchev–Trinajstić information content (AvgIpc) is 3.15. The molecular weight excluding hydrogens is 372 g/mol. The Morgan fingerprint density at radius 3 is 2.69 bits per heavy atom. The molecule has 0 atom stereocenters. The number of ether oxygens (including phenoxy) is 1. The number of benzene rings is 1. The summed E-state index contributed by atoms with van der Waals surface area (Å²) in [6.45, 7) is 6.22. The van der Waals surface area contributed by atoms with Crippen LogP contribution in [0.4, 0.5) is 5.82 Å². The molecule has 1 aliphatic rings. The maximum absolute atomic E-state index is 12.8. The van der Waals surface area contributed by atoms with Gasteiger partial charge in [-0.15, -0.1) is 0 Å². The summed E-state index contributed by atoms with van der Waals surface area (Å²) < 4.78 is 10.3. The molecule has 8 nitrogen and oxygen atoms in total. The van der Waals surface area contributed by atoms with Crippen molar-refractivity contribution in [3.63, 3.8) is 0 Å². The van der Waals surface area contributed by atoms with Gasteiger partial charge in [-0.05, 0) is 18.6 Å². The fraction of sp³-hybridized carbons (Fsp3) is 0.381. The predicted octanol–water partition coefficient (Wildman–Crippen LogP) is 0.379. The summed E-state index contributed by atoms with van der Waals surface area (Å²) in [7, 11) is 0. The van der Waals surface area contributed by atoms with Crippen molar-refractivity contribution in [2.75, 3.05) is 51.3 Å². The Morgan fingerprint density at radius 2 is 2.00 bits per heavy atom. The number of aromatic nitrogens is 1. The van der Waals surface area contributed by atoms with E-state index in [-0.39, 0.29) is 18.4 Å². The number of nitrogens with one attached hydrogen (secondary N) is 2. The van der Waals surface area contributed by atoms with E-state index in [1.54, 1.807) is 24.0 Å². The molecule has 0 radical (unpaired) electrons. The van der Waals surface area contributed by atoms with Gasteiger partial charge >= 0.3 is 0 Å². The van der Waals surface area contributed by atoms with Crippen LogP contribution in [-0.2, 0) is 14.3 Å². The number of hydrogen-bond acceptors (Lipinski definition) is 5. The minimum Gasteiger partial charge on any atom is -0.370 e. The molecule has 8 heteroatoms. The topological polar surface area (TPSA) is 89.1 Å². The second-order valence-electron chi connectivity index (χ2n) is 6.99. The maximum atomic E-state index is 12.8. The van der Waals surface area contributed by atoms with Crippen LogP contribution < -0.4 is 10.2 Å². The zero-order valence-electron chi connectivity index (χ0n) is 16.6. The summed E-state index contributed by atoms with van der Waals surface area (Å²) in [5, 5.41) is 6.43. The van der Waals surface area contributed by atoms with Crippen molar-refractivity contribution in [1.29, 1.82) is 0 Å². The first-order chi connectivity index (χ1) is 14.1. The number of carbonyl (C=O) groups excluding carboxylic acids is 2. The molecule has 2 N–H and O–H groups in total. The monoisotopic (exact) mass is 399 g/mol. The van der Waals surface area contributed by atoms with Gasteiger partial charge in [-0.2, -0.15) is 0 Å². The molecular formula is C21H27N4O4+. The fourth-order valence-corrected chi connectivity index (χ4v) is 3.09. The highest BCUT2D eigenvalue weighted by Gasteiger charge is 2.20. The molecule has 0 spiro atoms. The van der Waals surface area contributed by atoms with Gasteiger partial charge in [0.1, 0.15) is 25.4 Å². The number of quaternary nitrogens is 1. The second kappa shape index (κ2) is 10.5. The highest BCUT2D eigenvalue weighted by atomic mass is 16.5. The predicted molar refractivity (Wildman–Crippen MR) is 108 cm³/mol. The van der Waals surface area contributed by atoms with Crippen molar-refractivity contribution < 1.29 is 23.7 Å². The minimum absolute atomic E-state index is 0.0480. The summed E-state index contributed by atoms with van der Waals surface area (Å²) in [6.07, 6.45) is 3.27. The summed E-state index contributed by atoms with van der Waals surface area (Å²) in [5.41, 5.74) is 0.933. The van der Waals surface area contributed by atoms with E-state index < -0.39 is 0 Å². The molecule has 0 aliphatic carbocycles. The summed E-state index contributed by atoms with van der Waals surface area (Å²) >= 11 is 0. The van der Waals surface area contributed by atoms with Gasteiger partial charge in [0.25, 0.3) is 0 Å². The van der Waals surface area contributed by atoms with Crippen LogP contribution in [0.5, 0.6) is 0 Å². The van der Waals surface area contributed by atoms with Gasteiger partial charge in [0.2, 0.25) is 11.8 Å². The number of nitrogens with zero attached hydrogens (tertiary/aromatic N) is 2. The first-order valence-corrected chi connectivity index (χ1v) is 9.76. The highest BCUT2D eigenvalue weighted by Crippen LogP contribution is 2.07. The van der Waals surface area contributed by atoms with Gasteiger partial charge in [0, 0.05) is 12.1 Å². The number of carbonyl (C=O) groups is 2. The molecule has 0 unspecified atom stereocenters. The van der Waals surface area contributed by atoms with Crippen LogP contribution in [0.3, 0.4) is 0 Å². The van der Waals surface area contributed by atoms with Crippen LogP contribution in [0.15, 0.2) is 47.0 Å². The van der Waals surface area contributed by atoms with Crippen LogP contribution in [0.2, 0.25) is 0 Å². The van der Waals surface area contributed by atoms with Gasteiger partial charge < -0.3 is 24.4 Å². The molecule has 29 heavy (non-hydrogen) atoms. The maximum Gasteiger partial charge on any atom is 0.247 e. The van der Waals surface area contributed by atoms with E-state index in [1.165, 1.54) is 11.0 Å². The molecule has 0 saturated carbocycles. The molecule has 0 bridgehead atoms. The number of aryl methyl sites for hydroxylation is 1. The first-order valence-electron chi connectivity index (χ1n) is 9.76. The quantitative estimate of drug-likeness (QED) is 0.627. The Labute approximate surface area is 170 Å². The molecule has 2 aromatic rings. The Morgan fingerprint density at radius 1 is 1.24 bits per heavy atom. The van der Waals surface area contributed by atoms with E-state index in [0.717, 1.165) is 38.4 Å². The van der Waals surface area contributed by atoms with Crippen molar-refractivity contribution >= 4 is 23.7 Å². The van der Waals surface area contributed by atoms with Crippen molar-refractivity contribution in [2.45, 2.75) is 6.92 Å². The van der Waals surface area contributed by atoms with Gasteiger partial charge in [-0.25, -0.2) is 0 Å². The summed E-state index contributed by atoms with van der Waals surface area (Å²) in [4.78, 5) is 28.1. The minimum atomic E-state index is -0.309. The zero-order valence-corrected chi connectivity index (χ0v) is 16.6. The van der Waals surface area contributed by atoms with Crippen LogP contribution in [0, 0.1) is 6.92 Å². The molecule has 1 aromatic carbocycles. The lowest BCUT2D eigenvalue weighted by Gasteiger charge is -2.27. The Balaban J connectivity index is 1.61.